The van der Waals surface area contributed by atoms with E-state index >= 15 is 0 Å². The molecule has 2 aromatic heterocycles. The molecule has 6 heteroatoms. The van der Waals surface area contributed by atoms with Crippen LogP contribution in [0.3, 0.4) is 0 Å². The molecule has 0 bridgehead atoms. The van der Waals surface area contributed by atoms with E-state index in [1.807, 2.05) is 24.1 Å². The van der Waals surface area contributed by atoms with Crippen molar-refractivity contribution in [1.29, 1.82) is 0 Å². The highest BCUT2D eigenvalue weighted by molar-refractivity contribution is 5.95. The van der Waals surface area contributed by atoms with Gasteiger partial charge in [-0.15, -0.1) is 0 Å². The van der Waals surface area contributed by atoms with Gasteiger partial charge in [0.15, 0.2) is 0 Å². The Balaban J connectivity index is 1.51. The largest absolute Gasteiger partial charge is 0.469 e. The lowest BCUT2D eigenvalue weighted by Gasteiger charge is -2.48. The van der Waals surface area contributed by atoms with Crippen molar-refractivity contribution in [2.75, 3.05) is 37.7 Å². The number of rotatable bonds is 2. The first-order valence-electron chi connectivity index (χ1n) is 8.79. The topological polar surface area (TPSA) is 58.8 Å². The molecular weight excluding hydrogens is 318 g/mol. The number of anilines is 1. The van der Waals surface area contributed by atoms with Crippen LogP contribution in [0.2, 0.25) is 0 Å². The number of carbonyl (C=O) groups excluding carboxylic acids is 1. The maximum Gasteiger partial charge on any atom is 0.257 e. The number of pyridine rings is 1. The standard InChI is InChI=1S/C19H23N3O3/c1-15-17(5-10-24-15)18(23)22-9-11-25-19(14-22)6-3-8-21(13-19)16-4-2-7-20-12-16/h2,4-5,7,10,12H,3,6,8-9,11,13-14H2,1H3/t19-/m0/s1. The Labute approximate surface area is 147 Å². The van der Waals surface area contributed by atoms with E-state index in [1.54, 1.807) is 18.5 Å². The van der Waals surface area contributed by atoms with Crippen LogP contribution in [-0.2, 0) is 4.74 Å². The highest BCUT2D eigenvalue weighted by Crippen LogP contribution is 2.32. The molecule has 6 nitrogen and oxygen atoms in total. The fourth-order valence-corrected chi connectivity index (χ4v) is 3.90. The summed E-state index contributed by atoms with van der Waals surface area (Å²) in [5.74, 6) is 0.707. The SMILES string of the molecule is Cc1occc1C(=O)N1CCO[C@]2(CCCN(c3cccnc3)C2)C1. The Morgan fingerprint density at radius 3 is 2.96 bits per heavy atom. The molecular formula is C19H23N3O3. The summed E-state index contributed by atoms with van der Waals surface area (Å²) in [5.41, 5.74) is 1.45. The fraction of sp³-hybridized carbons (Fsp3) is 0.474. The van der Waals surface area contributed by atoms with Gasteiger partial charge < -0.3 is 19.0 Å². The highest BCUT2D eigenvalue weighted by Gasteiger charge is 2.42. The molecule has 0 aliphatic carbocycles. The smallest absolute Gasteiger partial charge is 0.257 e. The molecule has 0 radical (unpaired) electrons. The van der Waals surface area contributed by atoms with Crippen molar-refractivity contribution in [3.63, 3.8) is 0 Å². The summed E-state index contributed by atoms with van der Waals surface area (Å²) in [6.45, 7) is 5.42. The van der Waals surface area contributed by atoms with Gasteiger partial charge >= 0.3 is 0 Å². The molecule has 132 valence electrons. The number of furan rings is 1. The predicted octanol–water partition coefficient (Wildman–Crippen LogP) is 2.49. The quantitative estimate of drug-likeness (QED) is 0.840. The third-order valence-corrected chi connectivity index (χ3v) is 5.18. The number of amides is 1. The Bertz CT molecular complexity index is 741. The van der Waals surface area contributed by atoms with E-state index in [4.69, 9.17) is 9.15 Å². The normalized spacial score (nSPS) is 23.9. The Morgan fingerprint density at radius 1 is 1.28 bits per heavy atom. The van der Waals surface area contributed by atoms with Crippen molar-refractivity contribution in [1.82, 2.24) is 9.88 Å². The Kier molecular flexibility index (Phi) is 4.21. The summed E-state index contributed by atoms with van der Waals surface area (Å²) in [7, 11) is 0. The molecule has 2 fully saturated rings. The van der Waals surface area contributed by atoms with Crippen LogP contribution in [0.4, 0.5) is 5.69 Å². The molecule has 4 heterocycles. The van der Waals surface area contributed by atoms with Crippen molar-refractivity contribution in [2.45, 2.75) is 25.4 Å². The van der Waals surface area contributed by atoms with E-state index in [-0.39, 0.29) is 11.5 Å². The van der Waals surface area contributed by atoms with Crippen LogP contribution in [-0.4, -0.2) is 54.2 Å². The molecule has 25 heavy (non-hydrogen) atoms. The van der Waals surface area contributed by atoms with E-state index in [0.29, 0.717) is 31.0 Å². The third kappa shape index (κ3) is 3.14. The first-order valence-corrected chi connectivity index (χ1v) is 8.79. The lowest BCUT2D eigenvalue weighted by molar-refractivity contribution is -0.105. The summed E-state index contributed by atoms with van der Waals surface area (Å²) in [4.78, 5) is 21.3. The van der Waals surface area contributed by atoms with Crippen molar-refractivity contribution >= 4 is 11.6 Å². The summed E-state index contributed by atoms with van der Waals surface area (Å²) < 4.78 is 11.5. The summed E-state index contributed by atoms with van der Waals surface area (Å²) in [6, 6.07) is 5.78. The molecule has 0 saturated carbocycles. The molecule has 4 rings (SSSR count). The summed E-state index contributed by atoms with van der Waals surface area (Å²) in [5, 5.41) is 0. The third-order valence-electron chi connectivity index (χ3n) is 5.18. The second-order valence-corrected chi connectivity index (χ2v) is 6.88. The number of carbonyl (C=O) groups is 1. The average molecular weight is 341 g/mol. The zero-order valence-corrected chi connectivity index (χ0v) is 14.5. The average Bonchev–Trinajstić information content (AvgIpc) is 3.08. The number of hydrogen-bond donors (Lipinski definition) is 0. The first kappa shape index (κ1) is 16.1. The van der Waals surface area contributed by atoms with E-state index in [1.165, 1.54) is 0 Å². The second-order valence-electron chi connectivity index (χ2n) is 6.88. The van der Waals surface area contributed by atoms with Crippen LogP contribution in [0, 0.1) is 6.92 Å². The van der Waals surface area contributed by atoms with Gasteiger partial charge in [-0.25, -0.2) is 0 Å². The zero-order chi connectivity index (χ0) is 17.3. The van der Waals surface area contributed by atoms with Crippen LogP contribution in [0.1, 0.15) is 29.0 Å². The molecule has 0 N–H and O–H groups in total. The zero-order valence-electron chi connectivity index (χ0n) is 14.5. The van der Waals surface area contributed by atoms with Crippen LogP contribution in [0.25, 0.3) is 0 Å². The van der Waals surface area contributed by atoms with Gasteiger partial charge in [0.2, 0.25) is 0 Å². The number of nitrogens with zero attached hydrogens (tertiary/aromatic N) is 3. The van der Waals surface area contributed by atoms with Gasteiger partial charge in [0, 0.05) is 25.8 Å². The molecule has 2 saturated heterocycles. The molecule has 0 aromatic carbocycles. The van der Waals surface area contributed by atoms with Crippen molar-refractivity contribution < 1.29 is 13.9 Å². The van der Waals surface area contributed by atoms with Crippen LogP contribution in [0.15, 0.2) is 41.3 Å². The minimum atomic E-state index is -0.306. The molecule has 2 aromatic rings. The second kappa shape index (κ2) is 6.52. The number of aryl methyl sites for hydroxylation is 1. The molecule has 1 spiro atoms. The molecule has 2 aliphatic rings. The highest BCUT2D eigenvalue weighted by atomic mass is 16.5. The Hall–Kier alpha value is -2.34. The van der Waals surface area contributed by atoms with Crippen molar-refractivity contribution in [3.05, 3.63) is 48.2 Å². The van der Waals surface area contributed by atoms with Gasteiger partial charge in [-0.2, -0.15) is 0 Å². The van der Waals surface area contributed by atoms with Crippen molar-refractivity contribution in [2.24, 2.45) is 0 Å². The number of hydrogen-bond acceptors (Lipinski definition) is 5. The molecule has 2 aliphatic heterocycles. The summed E-state index contributed by atoms with van der Waals surface area (Å²) in [6.07, 6.45) is 7.26. The van der Waals surface area contributed by atoms with Crippen LogP contribution >= 0.6 is 0 Å². The lowest BCUT2D eigenvalue weighted by atomic mass is 9.90. The fourth-order valence-electron chi connectivity index (χ4n) is 3.90. The predicted molar refractivity (Wildman–Crippen MR) is 93.7 cm³/mol. The number of morpholine rings is 1. The van der Waals surface area contributed by atoms with Crippen LogP contribution < -0.4 is 4.90 Å². The van der Waals surface area contributed by atoms with Gasteiger partial charge in [0.25, 0.3) is 5.91 Å². The first-order chi connectivity index (χ1) is 12.2. The molecule has 1 amide bonds. The maximum atomic E-state index is 12.8. The molecule has 1 atom stereocenters. The minimum absolute atomic E-state index is 0.0347. The van der Waals surface area contributed by atoms with Crippen molar-refractivity contribution in [3.8, 4) is 0 Å². The van der Waals surface area contributed by atoms with Gasteiger partial charge in [-0.05, 0) is 38.0 Å². The monoisotopic (exact) mass is 341 g/mol. The van der Waals surface area contributed by atoms with E-state index in [9.17, 15) is 4.79 Å². The van der Waals surface area contributed by atoms with Gasteiger partial charge in [0.05, 0.1) is 36.9 Å². The number of piperidine rings is 1. The van der Waals surface area contributed by atoms with E-state index < -0.39 is 0 Å². The summed E-state index contributed by atoms with van der Waals surface area (Å²) >= 11 is 0. The van der Waals surface area contributed by atoms with Gasteiger partial charge in [0.1, 0.15) is 11.4 Å². The van der Waals surface area contributed by atoms with Gasteiger partial charge in [-0.3, -0.25) is 9.78 Å². The number of aromatic nitrogens is 1. The Morgan fingerprint density at radius 2 is 2.20 bits per heavy atom. The van der Waals surface area contributed by atoms with E-state index in [2.05, 4.69) is 16.0 Å². The lowest BCUT2D eigenvalue weighted by Crippen LogP contribution is -2.60. The number of ether oxygens (including phenoxy) is 1. The van der Waals surface area contributed by atoms with E-state index in [0.717, 1.165) is 31.6 Å². The molecule has 0 unspecified atom stereocenters. The minimum Gasteiger partial charge on any atom is -0.469 e. The van der Waals surface area contributed by atoms with Crippen LogP contribution in [0.5, 0.6) is 0 Å². The van der Waals surface area contributed by atoms with Gasteiger partial charge in [-0.1, -0.05) is 0 Å². The maximum absolute atomic E-state index is 12.8.